The molecule has 0 fully saturated rings. The molecule has 0 heterocycles. The molecule has 1 aromatic carbocycles. The van der Waals surface area contributed by atoms with Gasteiger partial charge in [-0.05, 0) is 18.0 Å². The first kappa shape index (κ1) is 13.2. The standard InChI is InChI=1S/C10H13FN4O2/c11-9-6(2-1-3-7(9)12)10(17)8(16)4-5-14-15-13/h1-3,8,10,16-17H,4-5,12H2. The Morgan fingerprint density at radius 1 is 1.47 bits per heavy atom. The number of rotatable bonds is 5. The summed E-state index contributed by atoms with van der Waals surface area (Å²) >= 11 is 0. The third-order valence-corrected chi connectivity index (χ3v) is 2.33. The van der Waals surface area contributed by atoms with Crippen LogP contribution in [-0.2, 0) is 0 Å². The number of hydrogen-bond acceptors (Lipinski definition) is 4. The van der Waals surface area contributed by atoms with Gasteiger partial charge in [0.25, 0.3) is 0 Å². The third-order valence-electron chi connectivity index (χ3n) is 2.33. The second kappa shape index (κ2) is 6.05. The number of anilines is 1. The number of hydrogen-bond donors (Lipinski definition) is 3. The maximum atomic E-state index is 13.5. The molecule has 2 unspecified atom stereocenters. The Bertz CT molecular complexity index is 434. The van der Waals surface area contributed by atoms with Gasteiger partial charge in [-0.25, -0.2) is 4.39 Å². The molecule has 0 aliphatic heterocycles. The van der Waals surface area contributed by atoms with Crippen LogP contribution in [0.1, 0.15) is 18.1 Å². The smallest absolute Gasteiger partial charge is 0.151 e. The lowest BCUT2D eigenvalue weighted by atomic mass is 10.0. The zero-order chi connectivity index (χ0) is 12.8. The molecule has 0 saturated carbocycles. The van der Waals surface area contributed by atoms with Crippen LogP contribution in [0.2, 0.25) is 0 Å². The van der Waals surface area contributed by atoms with Crippen LogP contribution in [0.5, 0.6) is 0 Å². The molecule has 2 atom stereocenters. The largest absolute Gasteiger partial charge is 0.396 e. The van der Waals surface area contributed by atoms with E-state index in [1.54, 1.807) is 0 Å². The molecule has 1 rings (SSSR count). The average molecular weight is 240 g/mol. The molecule has 0 aliphatic carbocycles. The summed E-state index contributed by atoms with van der Waals surface area (Å²) in [5, 5.41) is 22.5. The zero-order valence-corrected chi connectivity index (χ0v) is 8.99. The van der Waals surface area contributed by atoms with Crippen LogP contribution in [-0.4, -0.2) is 22.9 Å². The maximum absolute atomic E-state index is 13.5. The lowest BCUT2D eigenvalue weighted by Gasteiger charge is -2.18. The Labute approximate surface area is 97.1 Å². The monoisotopic (exact) mass is 240 g/mol. The molecular weight excluding hydrogens is 227 g/mol. The van der Waals surface area contributed by atoms with Crippen molar-refractivity contribution in [3.63, 3.8) is 0 Å². The number of aliphatic hydroxyl groups excluding tert-OH is 2. The summed E-state index contributed by atoms with van der Waals surface area (Å²) in [6.45, 7) is 0.0264. The Balaban J connectivity index is 2.77. The summed E-state index contributed by atoms with van der Waals surface area (Å²) in [5.74, 6) is -0.747. The average Bonchev–Trinajstić information content (AvgIpc) is 2.32. The van der Waals surface area contributed by atoms with Gasteiger partial charge in [-0.2, -0.15) is 0 Å². The van der Waals surface area contributed by atoms with E-state index in [0.29, 0.717) is 0 Å². The predicted molar refractivity (Wildman–Crippen MR) is 60.4 cm³/mol. The summed E-state index contributed by atoms with van der Waals surface area (Å²) < 4.78 is 13.5. The van der Waals surface area contributed by atoms with Crippen LogP contribution in [0, 0.1) is 5.82 Å². The van der Waals surface area contributed by atoms with E-state index in [4.69, 9.17) is 11.3 Å². The Hall–Kier alpha value is -1.82. The Kier molecular flexibility index (Phi) is 4.71. The van der Waals surface area contributed by atoms with Gasteiger partial charge in [-0.15, -0.1) is 0 Å². The fourth-order valence-electron chi connectivity index (χ4n) is 1.40. The van der Waals surface area contributed by atoms with Crippen LogP contribution >= 0.6 is 0 Å². The number of azide groups is 1. The summed E-state index contributed by atoms with van der Waals surface area (Å²) in [6.07, 6.45) is -2.57. The van der Waals surface area contributed by atoms with E-state index in [1.807, 2.05) is 0 Å². The summed E-state index contributed by atoms with van der Waals surface area (Å²) in [5.41, 5.74) is 13.2. The van der Waals surface area contributed by atoms with E-state index in [0.717, 1.165) is 0 Å². The highest BCUT2D eigenvalue weighted by Gasteiger charge is 2.21. The van der Waals surface area contributed by atoms with Crippen LogP contribution in [0.3, 0.4) is 0 Å². The normalized spacial score (nSPS) is 13.8. The molecule has 0 spiro atoms. The number of halogens is 1. The first-order chi connectivity index (χ1) is 8.07. The van der Waals surface area contributed by atoms with Gasteiger partial charge in [0.05, 0.1) is 11.8 Å². The van der Waals surface area contributed by atoms with Crippen LogP contribution < -0.4 is 5.73 Å². The zero-order valence-electron chi connectivity index (χ0n) is 8.99. The minimum absolute atomic E-state index is 0.0264. The van der Waals surface area contributed by atoms with E-state index < -0.39 is 18.0 Å². The number of nitrogen functional groups attached to an aromatic ring is 1. The lowest BCUT2D eigenvalue weighted by Crippen LogP contribution is -2.20. The van der Waals surface area contributed by atoms with E-state index in [1.165, 1.54) is 18.2 Å². The fourth-order valence-corrected chi connectivity index (χ4v) is 1.40. The van der Waals surface area contributed by atoms with Gasteiger partial charge in [-0.3, -0.25) is 0 Å². The lowest BCUT2D eigenvalue weighted by molar-refractivity contribution is 0.0131. The second-order valence-electron chi connectivity index (χ2n) is 3.51. The van der Waals surface area contributed by atoms with Crippen molar-refractivity contribution in [2.45, 2.75) is 18.6 Å². The molecule has 0 radical (unpaired) electrons. The molecule has 0 saturated heterocycles. The number of nitrogens with two attached hydrogens (primary N) is 1. The van der Waals surface area contributed by atoms with E-state index in [9.17, 15) is 14.6 Å². The van der Waals surface area contributed by atoms with Crippen molar-refractivity contribution in [1.29, 1.82) is 0 Å². The first-order valence-corrected chi connectivity index (χ1v) is 4.98. The molecule has 1 aromatic rings. The molecule has 7 heteroatoms. The highest BCUT2D eigenvalue weighted by Crippen LogP contribution is 2.25. The van der Waals surface area contributed by atoms with Crippen molar-refractivity contribution in [2.24, 2.45) is 5.11 Å². The SMILES string of the molecule is [N-]=[N+]=NCCC(O)C(O)c1cccc(N)c1F. The van der Waals surface area contributed by atoms with Crippen molar-refractivity contribution in [3.8, 4) is 0 Å². The molecule has 0 bridgehead atoms. The van der Waals surface area contributed by atoms with Gasteiger partial charge in [-0.1, -0.05) is 17.2 Å². The summed E-state index contributed by atoms with van der Waals surface area (Å²) in [4.78, 5) is 2.51. The van der Waals surface area contributed by atoms with Crippen molar-refractivity contribution < 1.29 is 14.6 Å². The second-order valence-corrected chi connectivity index (χ2v) is 3.51. The summed E-state index contributed by atoms with van der Waals surface area (Å²) in [7, 11) is 0. The molecule has 0 aromatic heterocycles. The molecule has 0 amide bonds. The van der Waals surface area contributed by atoms with E-state index in [-0.39, 0.29) is 24.2 Å². The van der Waals surface area contributed by atoms with Crippen molar-refractivity contribution in [2.75, 3.05) is 12.3 Å². The topological polar surface area (TPSA) is 115 Å². The number of benzene rings is 1. The number of nitrogens with zero attached hydrogens (tertiary/aromatic N) is 3. The van der Waals surface area contributed by atoms with Crippen molar-refractivity contribution in [3.05, 3.63) is 40.0 Å². The predicted octanol–water partition coefficient (Wildman–Crippen LogP) is 1.50. The summed E-state index contributed by atoms with van der Waals surface area (Å²) in [6, 6.07) is 4.18. The van der Waals surface area contributed by atoms with Gasteiger partial charge in [0, 0.05) is 17.0 Å². The van der Waals surface area contributed by atoms with Crippen LogP contribution in [0.4, 0.5) is 10.1 Å². The van der Waals surface area contributed by atoms with E-state index in [2.05, 4.69) is 10.0 Å². The fraction of sp³-hybridized carbons (Fsp3) is 0.400. The molecule has 4 N–H and O–H groups in total. The molecular formula is C10H13FN4O2. The van der Waals surface area contributed by atoms with Crippen LogP contribution in [0.25, 0.3) is 10.4 Å². The quantitative estimate of drug-likeness (QED) is 0.313. The van der Waals surface area contributed by atoms with Gasteiger partial charge >= 0.3 is 0 Å². The first-order valence-electron chi connectivity index (χ1n) is 4.98. The van der Waals surface area contributed by atoms with Gasteiger partial charge in [0.15, 0.2) is 5.82 Å². The Morgan fingerprint density at radius 2 is 2.18 bits per heavy atom. The van der Waals surface area contributed by atoms with Crippen molar-refractivity contribution >= 4 is 5.69 Å². The molecule has 6 nitrogen and oxygen atoms in total. The molecule has 92 valence electrons. The molecule has 17 heavy (non-hydrogen) atoms. The third kappa shape index (κ3) is 3.32. The van der Waals surface area contributed by atoms with Gasteiger partial charge in [0.2, 0.25) is 0 Å². The maximum Gasteiger partial charge on any atom is 0.151 e. The highest BCUT2D eigenvalue weighted by molar-refractivity contribution is 5.43. The van der Waals surface area contributed by atoms with E-state index >= 15 is 0 Å². The highest BCUT2D eigenvalue weighted by atomic mass is 19.1. The van der Waals surface area contributed by atoms with Crippen LogP contribution in [0.15, 0.2) is 23.3 Å². The van der Waals surface area contributed by atoms with Crippen molar-refractivity contribution in [1.82, 2.24) is 0 Å². The van der Waals surface area contributed by atoms with Gasteiger partial charge < -0.3 is 15.9 Å². The Morgan fingerprint density at radius 3 is 2.82 bits per heavy atom. The minimum atomic E-state index is -1.40. The molecule has 0 aliphatic rings. The van der Waals surface area contributed by atoms with Gasteiger partial charge in [0.1, 0.15) is 6.10 Å². The number of aliphatic hydroxyl groups is 2. The minimum Gasteiger partial charge on any atom is -0.396 e.